The molecule has 1 aliphatic carbocycles. The van der Waals surface area contributed by atoms with Crippen molar-refractivity contribution >= 4 is 5.69 Å². The first kappa shape index (κ1) is 11.1. The molecule has 0 aromatic heterocycles. The van der Waals surface area contributed by atoms with E-state index in [4.69, 9.17) is 5.73 Å². The predicted octanol–water partition coefficient (Wildman–Crippen LogP) is 2.99. The Morgan fingerprint density at radius 3 is 2.88 bits per heavy atom. The van der Waals surface area contributed by atoms with E-state index in [2.05, 4.69) is 36.9 Å². The predicted molar refractivity (Wildman–Crippen MR) is 71.9 cm³/mol. The molecule has 2 aliphatic rings. The van der Waals surface area contributed by atoms with Gasteiger partial charge in [-0.2, -0.15) is 0 Å². The Bertz CT molecular complexity index is 437. The van der Waals surface area contributed by atoms with Crippen LogP contribution < -0.4 is 5.73 Å². The van der Waals surface area contributed by atoms with Crippen LogP contribution in [-0.4, -0.2) is 18.0 Å². The van der Waals surface area contributed by atoms with Crippen LogP contribution >= 0.6 is 0 Å². The van der Waals surface area contributed by atoms with Crippen LogP contribution in [0.3, 0.4) is 0 Å². The number of likely N-dealkylation sites (tertiary alicyclic amines) is 1. The summed E-state index contributed by atoms with van der Waals surface area (Å²) < 4.78 is 0. The normalized spacial score (nSPS) is 27.3. The lowest BCUT2D eigenvalue weighted by molar-refractivity contribution is 0.218. The lowest BCUT2D eigenvalue weighted by Crippen LogP contribution is -2.26. The van der Waals surface area contributed by atoms with E-state index < -0.39 is 0 Å². The maximum atomic E-state index is 5.86. The third-order valence-electron chi connectivity index (χ3n) is 4.36. The standard InChI is InChI=1S/C15H22N2/c1-15(2)7-8-17(10-15)14-6-3-11-9-12(16)4-5-13(11)14/h4-5,9,14H,3,6-8,10,16H2,1-2H3. The average molecular weight is 230 g/mol. The molecule has 17 heavy (non-hydrogen) atoms. The maximum absolute atomic E-state index is 5.86. The lowest BCUT2D eigenvalue weighted by Gasteiger charge is -2.26. The highest BCUT2D eigenvalue weighted by atomic mass is 15.2. The smallest absolute Gasteiger partial charge is 0.0354 e. The molecule has 2 N–H and O–H groups in total. The van der Waals surface area contributed by atoms with Gasteiger partial charge in [0, 0.05) is 18.3 Å². The minimum Gasteiger partial charge on any atom is -0.399 e. The molecule has 1 unspecified atom stereocenters. The van der Waals surface area contributed by atoms with E-state index in [-0.39, 0.29) is 0 Å². The topological polar surface area (TPSA) is 29.3 Å². The molecule has 1 aromatic rings. The van der Waals surface area contributed by atoms with Gasteiger partial charge in [0.05, 0.1) is 0 Å². The van der Waals surface area contributed by atoms with Gasteiger partial charge in [0.2, 0.25) is 0 Å². The van der Waals surface area contributed by atoms with Crippen LogP contribution in [0.5, 0.6) is 0 Å². The fourth-order valence-electron chi connectivity index (χ4n) is 3.41. The molecule has 2 nitrogen and oxygen atoms in total. The first-order valence-corrected chi connectivity index (χ1v) is 6.67. The number of benzene rings is 1. The second kappa shape index (κ2) is 3.74. The molecule has 1 heterocycles. The van der Waals surface area contributed by atoms with E-state index in [9.17, 15) is 0 Å². The second-order valence-corrected chi connectivity index (χ2v) is 6.40. The fraction of sp³-hybridized carbons (Fsp3) is 0.600. The van der Waals surface area contributed by atoms with E-state index in [0.29, 0.717) is 11.5 Å². The molecular formula is C15H22N2. The molecule has 0 amide bonds. The zero-order chi connectivity index (χ0) is 12.0. The van der Waals surface area contributed by atoms with Gasteiger partial charge in [-0.3, -0.25) is 4.90 Å². The largest absolute Gasteiger partial charge is 0.399 e. The highest BCUT2D eigenvalue weighted by Crippen LogP contribution is 2.41. The number of nitrogen functional groups attached to an aromatic ring is 1. The minimum atomic E-state index is 0.497. The Hall–Kier alpha value is -1.02. The van der Waals surface area contributed by atoms with E-state index in [1.165, 1.54) is 43.5 Å². The molecule has 1 aromatic carbocycles. The Kier molecular flexibility index (Phi) is 2.44. The molecule has 92 valence electrons. The molecule has 1 saturated heterocycles. The van der Waals surface area contributed by atoms with Crippen molar-refractivity contribution in [3.8, 4) is 0 Å². The third-order valence-corrected chi connectivity index (χ3v) is 4.36. The van der Waals surface area contributed by atoms with Crippen molar-refractivity contribution in [2.24, 2.45) is 5.41 Å². The van der Waals surface area contributed by atoms with Gasteiger partial charge in [-0.15, -0.1) is 0 Å². The highest BCUT2D eigenvalue weighted by Gasteiger charge is 2.36. The molecule has 1 fully saturated rings. The number of aryl methyl sites for hydroxylation is 1. The van der Waals surface area contributed by atoms with Crippen molar-refractivity contribution in [3.05, 3.63) is 29.3 Å². The summed E-state index contributed by atoms with van der Waals surface area (Å²) in [6.45, 7) is 7.25. The van der Waals surface area contributed by atoms with Gasteiger partial charge in [0.1, 0.15) is 0 Å². The van der Waals surface area contributed by atoms with Crippen molar-refractivity contribution in [2.75, 3.05) is 18.8 Å². The minimum absolute atomic E-state index is 0.497. The van der Waals surface area contributed by atoms with Crippen molar-refractivity contribution in [2.45, 2.75) is 39.2 Å². The molecular weight excluding hydrogens is 208 g/mol. The molecule has 2 heteroatoms. The summed E-state index contributed by atoms with van der Waals surface area (Å²) in [5.74, 6) is 0. The van der Waals surface area contributed by atoms with Crippen LogP contribution in [0.1, 0.15) is 43.9 Å². The van der Waals surface area contributed by atoms with Crippen LogP contribution in [0.2, 0.25) is 0 Å². The van der Waals surface area contributed by atoms with Crippen molar-refractivity contribution in [1.29, 1.82) is 0 Å². The summed E-state index contributed by atoms with van der Waals surface area (Å²) in [7, 11) is 0. The number of rotatable bonds is 1. The Morgan fingerprint density at radius 1 is 1.35 bits per heavy atom. The Balaban J connectivity index is 1.85. The van der Waals surface area contributed by atoms with Crippen molar-refractivity contribution in [1.82, 2.24) is 4.90 Å². The van der Waals surface area contributed by atoms with Gasteiger partial charge in [0.15, 0.2) is 0 Å². The lowest BCUT2D eigenvalue weighted by atomic mass is 9.93. The molecule has 3 rings (SSSR count). The van der Waals surface area contributed by atoms with Crippen LogP contribution in [-0.2, 0) is 6.42 Å². The van der Waals surface area contributed by atoms with Gasteiger partial charge in [-0.05, 0) is 54.5 Å². The third kappa shape index (κ3) is 1.95. The van der Waals surface area contributed by atoms with E-state index in [1.807, 2.05) is 0 Å². The summed E-state index contributed by atoms with van der Waals surface area (Å²) >= 11 is 0. The van der Waals surface area contributed by atoms with Crippen LogP contribution in [0.4, 0.5) is 5.69 Å². The second-order valence-electron chi connectivity index (χ2n) is 6.40. The molecule has 0 radical (unpaired) electrons. The molecule has 1 atom stereocenters. The van der Waals surface area contributed by atoms with E-state index in [1.54, 1.807) is 0 Å². The van der Waals surface area contributed by atoms with Gasteiger partial charge in [-0.25, -0.2) is 0 Å². The number of anilines is 1. The quantitative estimate of drug-likeness (QED) is 0.751. The first-order valence-electron chi connectivity index (χ1n) is 6.67. The first-order chi connectivity index (χ1) is 8.05. The van der Waals surface area contributed by atoms with E-state index >= 15 is 0 Å². The zero-order valence-electron chi connectivity index (χ0n) is 10.9. The summed E-state index contributed by atoms with van der Waals surface area (Å²) in [6, 6.07) is 7.11. The number of hydrogen-bond acceptors (Lipinski definition) is 2. The van der Waals surface area contributed by atoms with E-state index in [0.717, 1.165) is 5.69 Å². The monoisotopic (exact) mass is 230 g/mol. The zero-order valence-corrected chi connectivity index (χ0v) is 10.9. The van der Waals surface area contributed by atoms with Gasteiger partial charge < -0.3 is 5.73 Å². The maximum Gasteiger partial charge on any atom is 0.0354 e. The summed E-state index contributed by atoms with van der Waals surface area (Å²) in [5.41, 5.74) is 10.3. The van der Waals surface area contributed by atoms with Crippen molar-refractivity contribution in [3.63, 3.8) is 0 Å². The highest BCUT2D eigenvalue weighted by molar-refractivity contribution is 5.47. The van der Waals surface area contributed by atoms with Gasteiger partial charge in [-0.1, -0.05) is 19.9 Å². The summed E-state index contributed by atoms with van der Waals surface area (Å²) in [4.78, 5) is 2.67. The van der Waals surface area contributed by atoms with Gasteiger partial charge in [0.25, 0.3) is 0 Å². The molecule has 0 bridgehead atoms. The fourth-order valence-corrected chi connectivity index (χ4v) is 3.41. The SMILES string of the molecule is CC1(C)CCN(C2CCc3cc(N)ccc32)C1. The Labute approximate surface area is 104 Å². The molecule has 0 spiro atoms. The van der Waals surface area contributed by atoms with Crippen molar-refractivity contribution < 1.29 is 0 Å². The van der Waals surface area contributed by atoms with Crippen LogP contribution in [0.25, 0.3) is 0 Å². The number of hydrogen-bond donors (Lipinski definition) is 1. The average Bonchev–Trinajstić information content (AvgIpc) is 2.80. The molecule has 1 aliphatic heterocycles. The number of nitrogens with zero attached hydrogens (tertiary/aromatic N) is 1. The number of nitrogens with two attached hydrogens (primary N) is 1. The van der Waals surface area contributed by atoms with Crippen LogP contribution in [0.15, 0.2) is 18.2 Å². The number of fused-ring (bicyclic) bond motifs is 1. The summed E-state index contributed by atoms with van der Waals surface area (Å²) in [6.07, 6.45) is 3.80. The summed E-state index contributed by atoms with van der Waals surface area (Å²) in [5, 5.41) is 0. The van der Waals surface area contributed by atoms with Crippen LogP contribution in [0, 0.1) is 5.41 Å². The Morgan fingerprint density at radius 2 is 2.18 bits per heavy atom. The van der Waals surface area contributed by atoms with Gasteiger partial charge >= 0.3 is 0 Å². The molecule has 0 saturated carbocycles.